The van der Waals surface area contributed by atoms with Crippen molar-refractivity contribution in [2.45, 2.75) is 45.3 Å². The molecule has 94 valence electrons. The minimum atomic E-state index is 0.293. The zero-order valence-corrected chi connectivity index (χ0v) is 11.0. The quantitative estimate of drug-likeness (QED) is 0.786. The van der Waals surface area contributed by atoms with Crippen molar-refractivity contribution in [3.05, 3.63) is 0 Å². The van der Waals surface area contributed by atoms with E-state index in [1.165, 1.54) is 32.5 Å². The third-order valence-electron chi connectivity index (χ3n) is 4.54. The minimum Gasteiger partial charge on any atom is -0.377 e. The summed E-state index contributed by atoms with van der Waals surface area (Å²) in [7, 11) is 0. The molecule has 2 rings (SSSR count). The first-order chi connectivity index (χ1) is 7.66. The molecule has 2 heterocycles. The van der Waals surface area contributed by atoms with Crippen molar-refractivity contribution in [3.8, 4) is 0 Å². The molecule has 0 bridgehead atoms. The number of nitrogens with zero attached hydrogens (tertiary/aromatic N) is 1. The second-order valence-electron chi connectivity index (χ2n) is 5.53. The Morgan fingerprint density at radius 2 is 2.31 bits per heavy atom. The van der Waals surface area contributed by atoms with Gasteiger partial charge in [0.1, 0.15) is 0 Å². The SMILES string of the molecule is CCNCC1CCN(C2(C)CCOC2C)C1. The van der Waals surface area contributed by atoms with E-state index in [4.69, 9.17) is 4.74 Å². The summed E-state index contributed by atoms with van der Waals surface area (Å²) in [5, 5.41) is 3.47. The molecule has 0 saturated carbocycles. The first-order valence-corrected chi connectivity index (χ1v) is 6.74. The third kappa shape index (κ3) is 2.27. The summed E-state index contributed by atoms with van der Waals surface area (Å²) in [6.45, 7) is 12.5. The van der Waals surface area contributed by atoms with E-state index in [0.29, 0.717) is 11.6 Å². The maximum absolute atomic E-state index is 5.74. The maximum Gasteiger partial charge on any atom is 0.0728 e. The smallest absolute Gasteiger partial charge is 0.0728 e. The average Bonchev–Trinajstić information content (AvgIpc) is 2.85. The van der Waals surface area contributed by atoms with E-state index in [9.17, 15) is 0 Å². The highest BCUT2D eigenvalue weighted by Crippen LogP contribution is 2.35. The lowest BCUT2D eigenvalue weighted by atomic mass is 9.92. The molecule has 0 aromatic carbocycles. The Kier molecular flexibility index (Phi) is 3.88. The molecule has 0 aromatic rings. The van der Waals surface area contributed by atoms with Crippen LogP contribution in [0.2, 0.25) is 0 Å². The molecule has 3 atom stereocenters. The molecule has 2 fully saturated rings. The standard InChI is InChI=1S/C13H26N2O/c1-4-14-9-12-5-7-15(10-12)13(3)6-8-16-11(13)2/h11-12,14H,4-10H2,1-3H3. The van der Waals surface area contributed by atoms with Crippen LogP contribution in [0.3, 0.4) is 0 Å². The molecule has 2 aliphatic heterocycles. The Morgan fingerprint density at radius 1 is 1.50 bits per heavy atom. The van der Waals surface area contributed by atoms with Crippen LogP contribution in [0.1, 0.15) is 33.6 Å². The second kappa shape index (κ2) is 5.03. The van der Waals surface area contributed by atoms with Gasteiger partial charge in [-0.15, -0.1) is 0 Å². The normalized spacial score (nSPS) is 40.7. The summed E-state index contributed by atoms with van der Waals surface area (Å²) < 4.78 is 5.74. The molecule has 16 heavy (non-hydrogen) atoms. The summed E-state index contributed by atoms with van der Waals surface area (Å²) >= 11 is 0. The number of hydrogen-bond acceptors (Lipinski definition) is 3. The van der Waals surface area contributed by atoms with Gasteiger partial charge in [0.25, 0.3) is 0 Å². The van der Waals surface area contributed by atoms with Gasteiger partial charge < -0.3 is 10.1 Å². The molecule has 1 N–H and O–H groups in total. The zero-order valence-electron chi connectivity index (χ0n) is 11.0. The van der Waals surface area contributed by atoms with Crippen molar-refractivity contribution in [1.82, 2.24) is 10.2 Å². The number of hydrogen-bond donors (Lipinski definition) is 1. The summed E-state index contributed by atoms with van der Waals surface area (Å²) in [5.74, 6) is 0.838. The Balaban J connectivity index is 1.88. The summed E-state index contributed by atoms with van der Waals surface area (Å²) in [5.41, 5.74) is 0.293. The lowest BCUT2D eigenvalue weighted by molar-refractivity contribution is 0.0311. The zero-order chi connectivity index (χ0) is 11.6. The largest absolute Gasteiger partial charge is 0.377 e. The molecule has 0 aromatic heterocycles. The monoisotopic (exact) mass is 226 g/mol. The Hall–Kier alpha value is -0.120. The second-order valence-corrected chi connectivity index (χ2v) is 5.53. The van der Waals surface area contributed by atoms with Crippen LogP contribution < -0.4 is 5.32 Å². The Morgan fingerprint density at radius 3 is 2.94 bits per heavy atom. The highest BCUT2D eigenvalue weighted by Gasteiger charge is 2.44. The first-order valence-electron chi connectivity index (χ1n) is 6.74. The summed E-state index contributed by atoms with van der Waals surface area (Å²) in [6.07, 6.45) is 2.93. The van der Waals surface area contributed by atoms with Crippen LogP contribution in [0.25, 0.3) is 0 Å². The predicted octanol–water partition coefficient (Wildman–Crippen LogP) is 1.49. The number of rotatable bonds is 4. The van der Waals surface area contributed by atoms with Crippen molar-refractivity contribution in [2.24, 2.45) is 5.92 Å². The highest BCUT2D eigenvalue weighted by molar-refractivity contribution is 4.98. The molecule has 0 amide bonds. The lowest BCUT2D eigenvalue weighted by Crippen LogP contribution is -2.50. The molecule has 0 spiro atoms. The van der Waals surface area contributed by atoms with Gasteiger partial charge in [0.2, 0.25) is 0 Å². The Bertz CT molecular complexity index is 234. The van der Waals surface area contributed by atoms with Gasteiger partial charge in [-0.3, -0.25) is 4.90 Å². The van der Waals surface area contributed by atoms with E-state index in [2.05, 4.69) is 31.0 Å². The fourth-order valence-corrected chi connectivity index (χ4v) is 3.05. The van der Waals surface area contributed by atoms with Crippen molar-refractivity contribution in [3.63, 3.8) is 0 Å². The van der Waals surface area contributed by atoms with Crippen LogP contribution in [0.4, 0.5) is 0 Å². The molecule has 3 heteroatoms. The topological polar surface area (TPSA) is 24.5 Å². The van der Waals surface area contributed by atoms with Gasteiger partial charge in [-0.25, -0.2) is 0 Å². The maximum atomic E-state index is 5.74. The molecular formula is C13H26N2O. The van der Waals surface area contributed by atoms with E-state index in [0.717, 1.165) is 19.1 Å². The summed E-state index contributed by atoms with van der Waals surface area (Å²) in [4.78, 5) is 2.66. The van der Waals surface area contributed by atoms with E-state index in [1.807, 2.05) is 0 Å². The fraction of sp³-hybridized carbons (Fsp3) is 1.00. The van der Waals surface area contributed by atoms with Gasteiger partial charge in [0.05, 0.1) is 6.10 Å². The van der Waals surface area contributed by atoms with Crippen molar-refractivity contribution < 1.29 is 4.74 Å². The third-order valence-corrected chi connectivity index (χ3v) is 4.54. The first kappa shape index (κ1) is 12.3. The molecule has 3 unspecified atom stereocenters. The molecule has 0 aliphatic carbocycles. The van der Waals surface area contributed by atoms with Gasteiger partial charge >= 0.3 is 0 Å². The van der Waals surface area contributed by atoms with E-state index >= 15 is 0 Å². The van der Waals surface area contributed by atoms with E-state index in [-0.39, 0.29) is 0 Å². The van der Waals surface area contributed by atoms with Crippen LogP contribution >= 0.6 is 0 Å². The molecular weight excluding hydrogens is 200 g/mol. The molecule has 2 saturated heterocycles. The number of ether oxygens (including phenoxy) is 1. The molecule has 0 radical (unpaired) electrons. The predicted molar refractivity (Wildman–Crippen MR) is 66.7 cm³/mol. The van der Waals surface area contributed by atoms with Gasteiger partial charge in [-0.05, 0) is 52.2 Å². The van der Waals surface area contributed by atoms with Crippen LogP contribution in [0.15, 0.2) is 0 Å². The van der Waals surface area contributed by atoms with Gasteiger partial charge in [-0.2, -0.15) is 0 Å². The van der Waals surface area contributed by atoms with Crippen LogP contribution in [-0.2, 0) is 4.74 Å². The van der Waals surface area contributed by atoms with Crippen LogP contribution in [-0.4, -0.2) is 49.3 Å². The van der Waals surface area contributed by atoms with E-state index in [1.54, 1.807) is 0 Å². The Labute approximate surface area is 99.5 Å². The van der Waals surface area contributed by atoms with Crippen molar-refractivity contribution in [1.29, 1.82) is 0 Å². The van der Waals surface area contributed by atoms with Crippen molar-refractivity contribution in [2.75, 3.05) is 32.8 Å². The number of likely N-dealkylation sites (tertiary alicyclic amines) is 1. The molecule has 2 aliphatic rings. The average molecular weight is 226 g/mol. The minimum absolute atomic E-state index is 0.293. The lowest BCUT2D eigenvalue weighted by Gasteiger charge is -2.38. The van der Waals surface area contributed by atoms with Crippen LogP contribution in [0.5, 0.6) is 0 Å². The molecule has 3 nitrogen and oxygen atoms in total. The van der Waals surface area contributed by atoms with Crippen molar-refractivity contribution >= 4 is 0 Å². The van der Waals surface area contributed by atoms with Crippen LogP contribution in [0, 0.1) is 5.92 Å². The van der Waals surface area contributed by atoms with Gasteiger partial charge in [0, 0.05) is 18.7 Å². The fourth-order valence-electron chi connectivity index (χ4n) is 3.05. The highest BCUT2D eigenvalue weighted by atomic mass is 16.5. The van der Waals surface area contributed by atoms with E-state index < -0.39 is 0 Å². The summed E-state index contributed by atoms with van der Waals surface area (Å²) in [6, 6.07) is 0. The van der Waals surface area contributed by atoms with Gasteiger partial charge in [0.15, 0.2) is 0 Å². The van der Waals surface area contributed by atoms with Gasteiger partial charge in [-0.1, -0.05) is 6.92 Å². The number of nitrogens with one attached hydrogen (secondary N) is 1.